The van der Waals surface area contributed by atoms with Crippen LogP contribution in [0, 0.1) is 5.92 Å². The summed E-state index contributed by atoms with van der Waals surface area (Å²) in [5, 5.41) is 3.21. The molecule has 1 aliphatic heterocycles. The van der Waals surface area contributed by atoms with Crippen LogP contribution in [-0.4, -0.2) is 47.8 Å². The lowest BCUT2D eigenvalue weighted by atomic mass is 10.0. The Bertz CT molecular complexity index is 678. The van der Waals surface area contributed by atoms with Crippen LogP contribution in [0.5, 0.6) is 0 Å². The van der Waals surface area contributed by atoms with E-state index in [1.165, 1.54) is 0 Å². The van der Waals surface area contributed by atoms with Crippen LogP contribution in [0.4, 0.5) is 5.69 Å². The molecule has 1 aliphatic rings. The molecule has 3 rings (SSSR count). The highest BCUT2D eigenvalue weighted by atomic mass is 16.5. The van der Waals surface area contributed by atoms with Crippen molar-refractivity contribution in [3.8, 4) is 0 Å². The first kappa shape index (κ1) is 17.5. The van der Waals surface area contributed by atoms with Crippen LogP contribution in [0.1, 0.15) is 24.2 Å². The molecule has 0 spiro atoms. The third-order valence-corrected chi connectivity index (χ3v) is 4.59. The van der Waals surface area contributed by atoms with Gasteiger partial charge in [0.25, 0.3) is 5.91 Å². The first-order chi connectivity index (χ1) is 12.1. The normalized spacial score (nSPS) is 16.0. The van der Waals surface area contributed by atoms with E-state index in [0.717, 1.165) is 24.3 Å². The number of hydrogen-bond acceptors (Lipinski definition) is 4. The third kappa shape index (κ3) is 4.39. The number of carbonyl (C=O) groups is 1. The van der Waals surface area contributed by atoms with Crippen molar-refractivity contribution in [1.29, 1.82) is 0 Å². The summed E-state index contributed by atoms with van der Waals surface area (Å²) < 4.78 is 7.42. The van der Waals surface area contributed by atoms with Crippen LogP contribution in [0.3, 0.4) is 0 Å². The summed E-state index contributed by atoms with van der Waals surface area (Å²) in [6, 6.07) is 7.85. The summed E-state index contributed by atoms with van der Waals surface area (Å²) in [5.74, 6) is 0.294. The van der Waals surface area contributed by atoms with Crippen molar-refractivity contribution >= 4 is 11.6 Å². The predicted octanol–water partition coefficient (Wildman–Crippen LogP) is 2.17. The number of aromatic nitrogens is 2. The van der Waals surface area contributed by atoms with Crippen molar-refractivity contribution in [1.82, 2.24) is 14.9 Å². The largest absolute Gasteiger partial charge is 0.378 e. The molecule has 25 heavy (non-hydrogen) atoms. The molecule has 0 saturated carbocycles. The minimum Gasteiger partial charge on any atom is -0.378 e. The van der Waals surface area contributed by atoms with Gasteiger partial charge >= 0.3 is 0 Å². The second-order valence-corrected chi connectivity index (χ2v) is 6.70. The SMILES string of the molecule is CC(C)[C@H](Cn1ccnc1)NC(=O)c1ccccc1N1CCOCC1. The van der Waals surface area contributed by atoms with Crippen molar-refractivity contribution in [2.75, 3.05) is 31.2 Å². The number of imidazole rings is 1. The van der Waals surface area contributed by atoms with Crippen LogP contribution >= 0.6 is 0 Å². The van der Waals surface area contributed by atoms with Crippen LogP contribution in [0.25, 0.3) is 0 Å². The first-order valence-corrected chi connectivity index (χ1v) is 8.83. The highest BCUT2D eigenvalue weighted by Crippen LogP contribution is 2.22. The van der Waals surface area contributed by atoms with Crippen LogP contribution in [0.15, 0.2) is 43.0 Å². The molecule has 0 aliphatic carbocycles. The van der Waals surface area contributed by atoms with E-state index in [1.807, 2.05) is 35.0 Å². The van der Waals surface area contributed by atoms with E-state index >= 15 is 0 Å². The Kier molecular flexibility index (Phi) is 5.71. The molecule has 1 amide bonds. The Morgan fingerprint density at radius 1 is 1.28 bits per heavy atom. The highest BCUT2D eigenvalue weighted by molar-refractivity contribution is 6.00. The monoisotopic (exact) mass is 342 g/mol. The molecular formula is C19H26N4O2. The summed E-state index contributed by atoms with van der Waals surface area (Å²) in [6.07, 6.45) is 5.46. The fraction of sp³-hybridized carbons (Fsp3) is 0.474. The zero-order chi connectivity index (χ0) is 17.6. The van der Waals surface area contributed by atoms with Gasteiger partial charge in [-0.15, -0.1) is 0 Å². The van der Waals surface area contributed by atoms with Crippen LogP contribution < -0.4 is 10.2 Å². The van der Waals surface area contributed by atoms with Gasteiger partial charge in [0.2, 0.25) is 0 Å². The summed E-state index contributed by atoms with van der Waals surface area (Å²) in [5.41, 5.74) is 1.70. The number of nitrogens with one attached hydrogen (secondary N) is 1. The number of ether oxygens (including phenoxy) is 1. The maximum Gasteiger partial charge on any atom is 0.253 e. The van der Waals surface area contributed by atoms with Gasteiger partial charge in [-0.05, 0) is 18.1 Å². The van der Waals surface area contributed by atoms with Crippen molar-refractivity contribution in [2.24, 2.45) is 5.92 Å². The van der Waals surface area contributed by atoms with Crippen LogP contribution in [0.2, 0.25) is 0 Å². The number of hydrogen-bond donors (Lipinski definition) is 1. The summed E-state index contributed by atoms with van der Waals surface area (Å²) in [4.78, 5) is 19.3. The lowest BCUT2D eigenvalue weighted by Gasteiger charge is -2.31. The number of nitrogens with zero attached hydrogens (tertiary/aromatic N) is 3. The Morgan fingerprint density at radius 2 is 2.04 bits per heavy atom. The van der Waals surface area contributed by atoms with Gasteiger partial charge in [0.1, 0.15) is 0 Å². The maximum absolute atomic E-state index is 13.0. The van der Waals surface area contributed by atoms with Crippen molar-refractivity contribution in [3.63, 3.8) is 0 Å². The number of carbonyl (C=O) groups excluding carboxylic acids is 1. The second kappa shape index (κ2) is 8.16. The average Bonchev–Trinajstić information content (AvgIpc) is 3.15. The molecule has 0 unspecified atom stereocenters. The molecule has 1 aromatic heterocycles. The van der Waals surface area contributed by atoms with Gasteiger partial charge in [0.05, 0.1) is 25.1 Å². The number of benzene rings is 1. The maximum atomic E-state index is 13.0. The molecule has 134 valence electrons. The molecule has 1 N–H and O–H groups in total. The minimum atomic E-state index is -0.0269. The molecule has 0 bridgehead atoms. The lowest BCUT2D eigenvalue weighted by molar-refractivity contribution is 0.0919. The van der Waals surface area contributed by atoms with Gasteiger partial charge in [-0.2, -0.15) is 0 Å². The zero-order valence-electron chi connectivity index (χ0n) is 14.9. The molecule has 2 heterocycles. The standard InChI is InChI=1S/C19H26N4O2/c1-15(2)17(13-22-8-7-20-14-22)21-19(24)16-5-3-4-6-18(16)23-9-11-25-12-10-23/h3-8,14-15,17H,9-13H2,1-2H3,(H,21,24)/t17-/m0/s1. The Morgan fingerprint density at radius 3 is 2.72 bits per heavy atom. The quantitative estimate of drug-likeness (QED) is 0.874. The molecule has 1 aromatic carbocycles. The van der Waals surface area contributed by atoms with Gasteiger partial charge in [-0.3, -0.25) is 4.79 Å². The number of para-hydroxylation sites is 1. The zero-order valence-corrected chi connectivity index (χ0v) is 14.9. The summed E-state index contributed by atoms with van der Waals surface area (Å²) >= 11 is 0. The minimum absolute atomic E-state index is 0.0269. The van der Waals surface area contributed by atoms with Gasteiger partial charge in [-0.1, -0.05) is 26.0 Å². The Balaban J connectivity index is 1.75. The number of anilines is 1. The van der Waals surface area contributed by atoms with E-state index in [0.29, 0.717) is 25.7 Å². The molecule has 1 atom stereocenters. The van der Waals surface area contributed by atoms with E-state index in [-0.39, 0.29) is 11.9 Å². The Hall–Kier alpha value is -2.34. The predicted molar refractivity (Wildman–Crippen MR) is 97.8 cm³/mol. The highest BCUT2D eigenvalue weighted by Gasteiger charge is 2.22. The van der Waals surface area contributed by atoms with E-state index in [9.17, 15) is 4.79 Å². The summed E-state index contributed by atoms with van der Waals surface area (Å²) in [7, 11) is 0. The molecule has 1 fully saturated rings. The molecule has 6 nitrogen and oxygen atoms in total. The summed E-state index contributed by atoms with van der Waals surface area (Å²) in [6.45, 7) is 7.98. The number of morpholine rings is 1. The molecule has 6 heteroatoms. The van der Waals surface area contributed by atoms with E-state index in [4.69, 9.17) is 4.74 Å². The second-order valence-electron chi connectivity index (χ2n) is 6.70. The van der Waals surface area contributed by atoms with Gasteiger partial charge in [0, 0.05) is 43.8 Å². The topological polar surface area (TPSA) is 59.4 Å². The molecule has 0 radical (unpaired) electrons. The molecule has 2 aromatic rings. The van der Waals surface area contributed by atoms with Gasteiger partial charge in [-0.25, -0.2) is 4.98 Å². The van der Waals surface area contributed by atoms with Crippen molar-refractivity contribution in [2.45, 2.75) is 26.4 Å². The molecule has 1 saturated heterocycles. The lowest BCUT2D eigenvalue weighted by Crippen LogP contribution is -2.43. The fourth-order valence-electron chi connectivity index (χ4n) is 3.04. The van der Waals surface area contributed by atoms with Crippen molar-refractivity contribution < 1.29 is 9.53 Å². The van der Waals surface area contributed by atoms with Gasteiger partial charge in [0.15, 0.2) is 0 Å². The van der Waals surface area contributed by atoms with Crippen LogP contribution in [-0.2, 0) is 11.3 Å². The molecular weight excluding hydrogens is 316 g/mol. The van der Waals surface area contributed by atoms with Crippen molar-refractivity contribution in [3.05, 3.63) is 48.5 Å². The number of amides is 1. The average molecular weight is 342 g/mol. The third-order valence-electron chi connectivity index (χ3n) is 4.59. The first-order valence-electron chi connectivity index (χ1n) is 8.83. The van der Waals surface area contributed by atoms with E-state index < -0.39 is 0 Å². The number of rotatable bonds is 6. The van der Waals surface area contributed by atoms with E-state index in [1.54, 1.807) is 12.5 Å². The fourth-order valence-corrected chi connectivity index (χ4v) is 3.04. The van der Waals surface area contributed by atoms with Gasteiger partial charge < -0.3 is 19.5 Å². The smallest absolute Gasteiger partial charge is 0.253 e. The van der Waals surface area contributed by atoms with E-state index in [2.05, 4.69) is 29.0 Å². The Labute approximate surface area is 148 Å².